The smallest absolute Gasteiger partial charge is 0.244 e. The molecule has 3 fully saturated rings. The van der Waals surface area contributed by atoms with Crippen molar-refractivity contribution in [3.63, 3.8) is 0 Å². The second-order valence-electron chi connectivity index (χ2n) is 8.09. The number of nitrogens with zero attached hydrogens (tertiary/aromatic N) is 3. The molecule has 0 bridgehead atoms. The lowest BCUT2D eigenvalue weighted by Gasteiger charge is -2.25. The molecule has 2 aromatic rings. The molecular weight excluding hydrogens is 404 g/mol. The molecule has 5 rings (SSSR count). The van der Waals surface area contributed by atoms with Crippen molar-refractivity contribution in [3.05, 3.63) is 18.2 Å². The Morgan fingerprint density at radius 2 is 1.83 bits per heavy atom. The standard InChI is InChI=1S/C21H24N4O4S/c26-18(12-25-19(27)14-3-1-2-4-15(14)20(25)28)22-13-5-6-16-17(11-13)30-21(23-16)24-7-9-29-10-8-24/h5-6,11,14-15H,1-4,7-10,12H2,(H,22,26)/t14-,15+. The van der Waals surface area contributed by atoms with Gasteiger partial charge in [-0.2, -0.15) is 0 Å². The van der Waals surface area contributed by atoms with E-state index in [4.69, 9.17) is 4.74 Å². The number of carbonyl (C=O) groups is 3. The molecule has 2 saturated heterocycles. The lowest BCUT2D eigenvalue weighted by molar-refractivity contribution is -0.142. The zero-order chi connectivity index (χ0) is 20.7. The minimum Gasteiger partial charge on any atom is -0.378 e. The number of carbonyl (C=O) groups excluding carboxylic acids is 3. The van der Waals surface area contributed by atoms with Gasteiger partial charge in [-0.1, -0.05) is 24.2 Å². The molecule has 1 aromatic carbocycles. The van der Waals surface area contributed by atoms with Crippen LogP contribution in [0.3, 0.4) is 0 Å². The van der Waals surface area contributed by atoms with Crippen LogP contribution in [-0.4, -0.2) is 60.5 Å². The molecule has 2 atom stereocenters. The number of anilines is 2. The number of fused-ring (bicyclic) bond motifs is 2. The summed E-state index contributed by atoms with van der Waals surface area (Å²) in [5.74, 6) is -1.19. The monoisotopic (exact) mass is 428 g/mol. The Balaban J connectivity index is 1.26. The molecule has 1 saturated carbocycles. The number of ether oxygens (including phenoxy) is 1. The average molecular weight is 429 g/mol. The number of morpholine rings is 1. The molecule has 1 aliphatic carbocycles. The predicted molar refractivity (Wildman–Crippen MR) is 113 cm³/mol. The number of aromatic nitrogens is 1. The van der Waals surface area contributed by atoms with Gasteiger partial charge in [-0.05, 0) is 31.0 Å². The molecule has 30 heavy (non-hydrogen) atoms. The Kier molecular flexibility index (Phi) is 5.16. The molecule has 8 nitrogen and oxygen atoms in total. The molecule has 2 aliphatic heterocycles. The number of rotatable bonds is 4. The van der Waals surface area contributed by atoms with E-state index in [0.29, 0.717) is 18.9 Å². The first-order chi connectivity index (χ1) is 14.6. The molecule has 1 aromatic heterocycles. The van der Waals surface area contributed by atoms with Gasteiger partial charge >= 0.3 is 0 Å². The Morgan fingerprint density at radius 3 is 2.53 bits per heavy atom. The summed E-state index contributed by atoms with van der Waals surface area (Å²) in [6.45, 7) is 2.83. The van der Waals surface area contributed by atoms with E-state index in [9.17, 15) is 14.4 Å². The quantitative estimate of drug-likeness (QED) is 0.751. The van der Waals surface area contributed by atoms with Gasteiger partial charge in [0.25, 0.3) is 0 Å². The largest absolute Gasteiger partial charge is 0.378 e. The van der Waals surface area contributed by atoms with Crippen LogP contribution in [0.2, 0.25) is 0 Å². The third-order valence-corrected chi connectivity index (χ3v) is 7.26. The Morgan fingerprint density at radius 1 is 1.13 bits per heavy atom. The molecule has 3 heterocycles. The van der Waals surface area contributed by atoms with Crippen LogP contribution in [0.1, 0.15) is 25.7 Å². The van der Waals surface area contributed by atoms with Crippen LogP contribution >= 0.6 is 11.3 Å². The lowest BCUT2D eigenvalue weighted by Crippen LogP contribution is -2.38. The number of likely N-dealkylation sites (tertiary alicyclic amines) is 1. The van der Waals surface area contributed by atoms with Gasteiger partial charge in [0.2, 0.25) is 17.7 Å². The highest BCUT2D eigenvalue weighted by atomic mass is 32.1. The Labute approximate surface area is 178 Å². The number of amides is 3. The summed E-state index contributed by atoms with van der Waals surface area (Å²) in [6, 6.07) is 5.57. The third-order valence-electron chi connectivity index (χ3n) is 6.18. The fraction of sp³-hybridized carbons (Fsp3) is 0.524. The van der Waals surface area contributed by atoms with Crippen LogP contribution in [0.25, 0.3) is 10.2 Å². The van der Waals surface area contributed by atoms with E-state index in [-0.39, 0.29) is 36.1 Å². The van der Waals surface area contributed by atoms with Gasteiger partial charge in [0.1, 0.15) is 6.54 Å². The van der Waals surface area contributed by atoms with E-state index < -0.39 is 0 Å². The maximum Gasteiger partial charge on any atom is 0.244 e. The van der Waals surface area contributed by atoms with Crippen LogP contribution in [0.4, 0.5) is 10.8 Å². The Hall–Kier alpha value is -2.52. The zero-order valence-electron chi connectivity index (χ0n) is 16.6. The summed E-state index contributed by atoms with van der Waals surface area (Å²) in [6.07, 6.45) is 3.45. The first-order valence-corrected chi connectivity index (χ1v) is 11.3. The summed E-state index contributed by atoms with van der Waals surface area (Å²) in [5.41, 5.74) is 1.52. The molecular formula is C21H24N4O4S. The topological polar surface area (TPSA) is 91.8 Å². The molecule has 158 valence electrons. The number of benzene rings is 1. The van der Waals surface area contributed by atoms with Gasteiger partial charge in [-0.3, -0.25) is 19.3 Å². The van der Waals surface area contributed by atoms with Crippen molar-refractivity contribution < 1.29 is 19.1 Å². The normalized spacial score (nSPS) is 24.4. The number of hydrogen-bond donors (Lipinski definition) is 1. The molecule has 0 spiro atoms. The average Bonchev–Trinajstić information content (AvgIpc) is 3.29. The Bertz CT molecular complexity index is 976. The molecule has 0 unspecified atom stereocenters. The minimum atomic E-state index is -0.354. The first kappa shape index (κ1) is 19.4. The van der Waals surface area contributed by atoms with E-state index >= 15 is 0 Å². The van der Waals surface area contributed by atoms with E-state index in [1.54, 1.807) is 17.4 Å². The van der Waals surface area contributed by atoms with Gasteiger partial charge in [0.05, 0.1) is 35.3 Å². The summed E-state index contributed by atoms with van der Waals surface area (Å²) < 4.78 is 6.37. The zero-order valence-corrected chi connectivity index (χ0v) is 17.5. The van der Waals surface area contributed by atoms with Crippen molar-refractivity contribution in [3.8, 4) is 0 Å². The van der Waals surface area contributed by atoms with Gasteiger partial charge in [0.15, 0.2) is 5.13 Å². The summed E-state index contributed by atoms with van der Waals surface area (Å²) in [4.78, 5) is 45.7. The third kappa shape index (κ3) is 3.56. The number of hydrogen-bond acceptors (Lipinski definition) is 7. The molecule has 3 aliphatic rings. The van der Waals surface area contributed by atoms with Crippen molar-refractivity contribution in [1.82, 2.24) is 9.88 Å². The van der Waals surface area contributed by atoms with Crippen LogP contribution in [-0.2, 0) is 19.1 Å². The van der Waals surface area contributed by atoms with Gasteiger partial charge < -0.3 is 15.0 Å². The van der Waals surface area contributed by atoms with Crippen molar-refractivity contribution in [2.75, 3.05) is 43.1 Å². The molecule has 3 amide bonds. The minimum absolute atomic E-state index is 0.187. The summed E-state index contributed by atoms with van der Waals surface area (Å²) >= 11 is 1.58. The highest BCUT2D eigenvalue weighted by molar-refractivity contribution is 7.22. The lowest BCUT2D eigenvalue weighted by atomic mass is 9.81. The van der Waals surface area contributed by atoms with E-state index in [2.05, 4.69) is 15.2 Å². The van der Waals surface area contributed by atoms with E-state index in [0.717, 1.165) is 59.0 Å². The highest BCUT2D eigenvalue weighted by Gasteiger charge is 2.48. The van der Waals surface area contributed by atoms with Crippen LogP contribution in [0, 0.1) is 11.8 Å². The van der Waals surface area contributed by atoms with Crippen LogP contribution < -0.4 is 10.2 Å². The van der Waals surface area contributed by atoms with E-state index in [1.807, 2.05) is 12.1 Å². The van der Waals surface area contributed by atoms with Gasteiger partial charge in [-0.15, -0.1) is 0 Å². The van der Waals surface area contributed by atoms with Crippen LogP contribution in [0.15, 0.2) is 18.2 Å². The van der Waals surface area contributed by atoms with Crippen molar-refractivity contribution >= 4 is 50.1 Å². The number of nitrogens with one attached hydrogen (secondary N) is 1. The van der Waals surface area contributed by atoms with Crippen molar-refractivity contribution in [2.45, 2.75) is 25.7 Å². The van der Waals surface area contributed by atoms with Gasteiger partial charge in [0, 0.05) is 18.8 Å². The second kappa shape index (κ2) is 7.96. The maximum atomic E-state index is 12.6. The number of thiazole rings is 1. The molecule has 9 heteroatoms. The van der Waals surface area contributed by atoms with Gasteiger partial charge in [-0.25, -0.2) is 4.98 Å². The second-order valence-corrected chi connectivity index (χ2v) is 9.10. The SMILES string of the molecule is O=C(CN1C(=O)[C@H]2CCCC[C@H]2C1=O)Nc1ccc2nc(N3CCOCC3)sc2c1. The fourth-order valence-corrected chi connectivity index (χ4v) is 5.67. The summed E-state index contributed by atoms with van der Waals surface area (Å²) in [5, 5.41) is 3.78. The molecule has 1 N–H and O–H groups in total. The highest BCUT2D eigenvalue weighted by Crippen LogP contribution is 2.38. The van der Waals surface area contributed by atoms with Crippen molar-refractivity contribution in [2.24, 2.45) is 11.8 Å². The fourth-order valence-electron chi connectivity index (χ4n) is 4.61. The molecule has 0 radical (unpaired) electrons. The summed E-state index contributed by atoms with van der Waals surface area (Å²) in [7, 11) is 0. The number of imide groups is 1. The first-order valence-electron chi connectivity index (χ1n) is 10.5. The van der Waals surface area contributed by atoms with Crippen LogP contribution in [0.5, 0.6) is 0 Å². The maximum absolute atomic E-state index is 12.6. The van der Waals surface area contributed by atoms with Crippen molar-refractivity contribution in [1.29, 1.82) is 0 Å². The predicted octanol–water partition coefficient (Wildman–Crippen LogP) is 2.25. The van der Waals surface area contributed by atoms with E-state index in [1.165, 1.54) is 0 Å².